The van der Waals surface area contributed by atoms with Gasteiger partial charge in [-0.2, -0.15) is 13.2 Å². The number of amides is 2. The number of anilines is 1. The smallest absolute Gasteiger partial charge is 0.379 e. The van der Waals surface area contributed by atoms with E-state index >= 15 is 0 Å². The first-order valence-electron chi connectivity index (χ1n) is 10.5. The molecule has 0 radical (unpaired) electrons. The van der Waals surface area contributed by atoms with Gasteiger partial charge in [-0.3, -0.25) is 4.90 Å². The summed E-state index contributed by atoms with van der Waals surface area (Å²) in [6, 6.07) is 0.995. The van der Waals surface area contributed by atoms with Crippen molar-refractivity contribution in [2.45, 2.75) is 26.1 Å². The van der Waals surface area contributed by atoms with Crippen LogP contribution in [0.15, 0.2) is 12.3 Å². The molecule has 11 heteroatoms. The van der Waals surface area contributed by atoms with E-state index in [1.54, 1.807) is 9.80 Å². The van der Waals surface area contributed by atoms with Gasteiger partial charge >= 0.3 is 12.2 Å². The molecule has 1 aromatic heterocycles. The molecule has 1 N–H and O–H groups in total. The number of hydrogen-bond acceptors (Lipinski definition) is 5. The number of piperazine rings is 1. The van der Waals surface area contributed by atoms with Crippen LogP contribution < -0.4 is 10.2 Å². The number of ether oxygens (including phenoxy) is 1. The van der Waals surface area contributed by atoms with Crippen LogP contribution in [-0.2, 0) is 10.9 Å². The fourth-order valence-electron chi connectivity index (χ4n) is 3.94. The van der Waals surface area contributed by atoms with Crippen molar-refractivity contribution < 1.29 is 22.7 Å². The summed E-state index contributed by atoms with van der Waals surface area (Å²) < 4.78 is 43.8. The van der Waals surface area contributed by atoms with Crippen LogP contribution in [0, 0.1) is 5.92 Å². The Kier molecular flexibility index (Phi) is 7.87. The van der Waals surface area contributed by atoms with Crippen LogP contribution in [0.4, 0.5) is 23.8 Å². The molecule has 3 rings (SSSR count). The first kappa shape index (κ1) is 23.9. The van der Waals surface area contributed by atoms with Gasteiger partial charge in [-0.25, -0.2) is 9.78 Å². The second-order valence-corrected chi connectivity index (χ2v) is 8.55. The van der Waals surface area contributed by atoms with Crippen LogP contribution in [0.3, 0.4) is 0 Å². The Balaban J connectivity index is 1.51. The van der Waals surface area contributed by atoms with Crippen LogP contribution >= 0.6 is 11.6 Å². The summed E-state index contributed by atoms with van der Waals surface area (Å²) in [6.07, 6.45) is -3.70. The molecule has 2 amide bonds. The minimum Gasteiger partial charge on any atom is -0.379 e. The predicted molar refractivity (Wildman–Crippen MR) is 112 cm³/mol. The summed E-state index contributed by atoms with van der Waals surface area (Å²) in [5, 5.41) is 3.00. The van der Waals surface area contributed by atoms with Gasteiger partial charge in [0.2, 0.25) is 0 Å². The number of nitrogens with one attached hydrogen (secondary N) is 1. The largest absolute Gasteiger partial charge is 0.417 e. The van der Waals surface area contributed by atoms with E-state index in [9.17, 15) is 18.0 Å². The molecule has 3 heterocycles. The maximum atomic E-state index is 12.8. The Morgan fingerprint density at radius 2 is 1.84 bits per heavy atom. The molecule has 1 atom stereocenters. The van der Waals surface area contributed by atoms with Crippen molar-refractivity contribution in [3.63, 3.8) is 0 Å². The predicted octanol–water partition coefficient (Wildman–Crippen LogP) is 2.94. The van der Waals surface area contributed by atoms with E-state index < -0.39 is 11.7 Å². The molecule has 7 nitrogen and oxygen atoms in total. The van der Waals surface area contributed by atoms with Crippen molar-refractivity contribution in [2.75, 3.05) is 63.9 Å². The Morgan fingerprint density at radius 1 is 1.19 bits per heavy atom. The Bertz CT molecular complexity index is 751. The van der Waals surface area contributed by atoms with Crippen LogP contribution in [0.2, 0.25) is 5.02 Å². The van der Waals surface area contributed by atoms with Gasteiger partial charge < -0.3 is 19.9 Å². The van der Waals surface area contributed by atoms with Gasteiger partial charge in [-0.1, -0.05) is 25.4 Å². The minimum atomic E-state index is -4.49. The van der Waals surface area contributed by atoms with Crippen molar-refractivity contribution in [1.82, 2.24) is 20.1 Å². The van der Waals surface area contributed by atoms with Crippen LogP contribution in [0.5, 0.6) is 0 Å². The van der Waals surface area contributed by atoms with E-state index in [-0.39, 0.29) is 17.1 Å². The summed E-state index contributed by atoms with van der Waals surface area (Å²) in [5.41, 5.74) is -0.876. The van der Waals surface area contributed by atoms with Crippen LogP contribution in [0.25, 0.3) is 0 Å². The molecule has 0 aromatic carbocycles. The van der Waals surface area contributed by atoms with Gasteiger partial charge in [0.25, 0.3) is 0 Å². The third-order valence-corrected chi connectivity index (χ3v) is 6.04. The Morgan fingerprint density at radius 3 is 2.39 bits per heavy atom. The molecule has 0 bridgehead atoms. The standard InChI is InChI=1S/C20H29ClF3N5O2/c1-14(2)17(27-7-9-31-10-8-27)13-26-19(30)29-5-3-28(4-6-29)18-16(21)11-15(12-25-18)20(22,23)24/h11-12,14,17H,3-10,13H2,1-2H3,(H,26,30)/t17-/m1/s1. The summed E-state index contributed by atoms with van der Waals surface area (Å²) in [7, 11) is 0. The number of halogens is 4. The lowest BCUT2D eigenvalue weighted by Crippen LogP contribution is -2.55. The number of aromatic nitrogens is 1. The Labute approximate surface area is 185 Å². The average Bonchev–Trinajstić information content (AvgIpc) is 2.74. The number of nitrogens with zero attached hydrogens (tertiary/aromatic N) is 4. The molecule has 2 saturated heterocycles. The highest BCUT2D eigenvalue weighted by Gasteiger charge is 2.33. The van der Waals surface area contributed by atoms with Gasteiger partial charge in [0.15, 0.2) is 0 Å². The quantitative estimate of drug-likeness (QED) is 0.727. The SMILES string of the molecule is CC(C)[C@@H](CNC(=O)N1CCN(c2ncc(C(F)(F)F)cc2Cl)CC1)N1CCOCC1. The number of carbonyl (C=O) groups excluding carboxylic acids is 1. The number of carbonyl (C=O) groups is 1. The number of morpholine rings is 1. The van der Waals surface area contributed by atoms with Crippen molar-refractivity contribution in [2.24, 2.45) is 5.92 Å². The fourth-order valence-corrected chi connectivity index (χ4v) is 4.22. The number of urea groups is 1. The molecule has 2 fully saturated rings. The van der Waals surface area contributed by atoms with E-state index in [0.29, 0.717) is 57.7 Å². The monoisotopic (exact) mass is 463 g/mol. The summed E-state index contributed by atoms with van der Waals surface area (Å²) in [5.74, 6) is 0.699. The average molecular weight is 464 g/mol. The number of rotatable bonds is 5. The number of alkyl halides is 3. The van der Waals surface area contributed by atoms with Crippen LogP contribution in [-0.4, -0.2) is 85.9 Å². The van der Waals surface area contributed by atoms with E-state index in [0.717, 1.165) is 25.4 Å². The third kappa shape index (κ3) is 6.14. The zero-order valence-electron chi connectivity index (χ0n) is 17.8. The molecule has 0 saturated carbocycles. The van der Waals surface area contributed by atoms with Gasteiger partial charge in [0, 0.05) is 58.1 Å². The number of pyridine rings is 1. The molecule has 174 valence electrons. The maximum absolute atomic E-state index is 12.8. The van der Waals surface area contributed by atoms with Gasteiger partial charge in [-0.15, -0.1) is 0 Å². The molecule has 0 spiro atoms. The molecule has 0 unspecified atom stereocenters. The Hall–Kier alpha value is -1.78. The number of hydrogen-bond donors (Lipinski definition) is 1. The zero-order valence-corrected chi connectivity index (χ0v) is 18.5. The zero-order chi connectivity index (χ0) is 22.6. The highest BCUT2D eigenvalue weighted by atomic mass is 35.5. The third-order valence-electron chi connectivity index (χ3n) is 5.76. The second kappa shape index (κ2) is 10.2. The highest BCUT2D eigenvalue weighted by Crippen LogP contribution is 2.33. The normalized spacial score (nSPS) is 19.6. The summed E-state index contributed by atoms with van der Waals surface area (Å²) in [4.78, 5) is 22.4. The molecular formula is C20H29ClF3N5O2. The van der Waals surface area contributed by atoms with E-state index in [1.807, 2.05) is 0 Å². The van der Waals surface area contributed by atoms with Crippen molar-refractivity contribution in [1.29, 1.82) is 0 Å². The molecule has 2 aliphatic heterocycles. The summed E-state index contributed by atoms with van der Waals surface area (Å²) >= 11 is 6.05. The van der Waals surface area contributed by atoms with E-state index in [4.69, 9.17) is 16.3 Å². The van der Waals surface area contributed by atoms with E-state index in [1.165, 1.54) is 0 Å². The maximum Gasteiger partial charge on any atom is 0.417 e. The highest BCUT2D eigenvalue weighted by molar-refractivity contribution is 6.33. The first-order valence-corrected chi connectivity index (χ1v) is 10.9. The van der Waals surface area contributed by atoms with Crippen molar-refractivity contribution in [3.8, 4) is 0 Å². The van der Waals surface area contributed by atoms with Gasteiger partial charge in [-0.05, 0) is 12.0 Å². The second-order valence-electron chi connectivity index (χ2n) is 8.15. The van der Waals surface area contributed by atoms with Gasteiger partial charge in [0.1, 0.15) is 5.82 Å². The lowest BCUT2D eigenvalue weighted by atomic mass is 10.0. The van der Waals surface area contributed by atoms with Gasteiger partial charge in [0.05, 0.1) is 23.8 Å². The molecule has 0 aliphatic carbocycles. The van der Waals surface area contributed by atoms with E-state index in [2.05, 4.69) is 29.0 Å². The van der Waals surface area contributed by atoms with Crippen molar-refractivity contribution >= 4 is 23.4 Å². The summed E-state index contributed by atoms with van der Waals surface area (Å²) in [6.45, 7) is 9.76. The minimum absolute atomic E-state index is 0.0435. The lowest BCUT2D eigenvalue weighted by molar-refractivity contribution is -0.137. The van der Waals surface area contributed by atoms with Crippen molar-refractivity contribution in [3.05, 3.63) is 22.8 Å². The lowest BCUT2D eigenvalue weighted by Gasteiger charge is -2.38. The molecule has 2 aliphatic rings. The fraction of sp³-hybridized carbons (Fsp3) is 0.700. The topological polar surface area (TPSA) is 60.9 Å². The molecule has 1 aromatic rings. The molecular weight excluding hydrogens is 435 g/mol. The first-order chi connectivity index (χ1) is 14.7. The van der Waals surface area contributed by atoms with Crippen LogP contribution in [0.1, 0.15) is 19.4 Å². The molecule has 31 heavy (non-hydrogen) atoms.